The molecule has 1 fully saturated rings. The number of para-hydroxylation sites is 2. The molecule has 1 unspecified atom stereocenters. The Morgan fingerprint density at radius 1 is 1.21 bits per heavy atom. The highest BCUT2D eigenvalue weighted by Gasteiger charge is 2.25. The molecule has 2 aromatic heterocycles. The van der Waals surface area contributed by atoms with Gasteiger partial charge in [0.15, 0.2) is 5.58 Å². The normalized spacial score (nSPS) is 18.1. The second kappa shape index (κ2) is 8.48. The first-order valence-corrected chi connectivity index (χ1v) is 9.77. The molecule has 0 aliphatic carbocycles. The minimum absolute atomic E-state index is 0.0984. The first kappa shape index (κ1) is 18.6. The van der Waals surface area contributed by atoms with E-state index in [1.807, 2.05) is 29.2 Å². The zero-order valence-electron chi connectivity index (χ0n) is 16.1. The number of likely N-dealkylation sites (tertiary alicyclic amines) is 1. The number of nitrogens with zero attached hydrogens (tertiary/aromatic N) is 5. The predicted molar refractivity (Wildman–Crippen MR) is 105 cm³/mol. The Morgan fingerprint density at radius 3 is 2.82 bits per heavy atom. The average molecular weight is 379 g/mol. The molecule has 1 aromatic carbocycles. The zero-order valence-corrected chi connectivity index (χ0v) is 16.1. The van der Waals surface area contributed by atoms with E-state index in [0.29, 0.717) is 13.1 Å². The van der Waals surface area contributed by atoms with E-state index >= 15 is 0 Å². The van der Waals surface area contributed by atoms with Crippen LogP contribution in [0, 0.1) is 0 Å². The number of amides is 1. The highest BCUT2D eigenvalue weighted by atomic mass is 16.3. The third-order valence-corrected chi connectivity index (χ3v) is 5.30. The molecular weight excluding hydrogens is 354 g/mol. The number of hydrogen-bond donors (Lipinski definition) is 0. The van der Waals surface area contributed by atoms with Crippen LogP contribution in [-0.4, -0.2) is 49.8 Å². The molecule has 3 heterocycles. The summed E-state index contributed by atoms with van der Waals surface area (Å²) in [5.41, 5.74) is 2.70. The van der Waals surface area contributed by atoms with Crippen LogP contribution in [0.4, 0.5) is 0 Å². The van der Waals surface area contributed by atoms with Crippen molar-refractivity contribution in [2.45, 2.75) is 45.3 Å². The average Bonchev–Trinajstić information content (AvgIpc) is 2.97. The first-order chi connectivity index (χ1) is 13.7. The monoisotopic (exact) mass is 379 g/mol. The van der Waals surface area contributed by atoms with Crippen LogP contribution < -0.4 is 0 Å². The lowest BCUT2D eigenvalue weighted by molar-refractivity contribution is -0.132. The molecule has 7 heteroatoms. The number of fused-ring (bicyclic) bond motifs is 1. The maximum Gasteiger partial charge on any atom is 0.219 e. The Bertz CT molecular complexity index is 894. The SMILES string of the molecule is CC(=O)N(Cc1cncnc1)C1CCCN(Cc2nc3ccccc3o2)CC1. The molecule has 1 amide bonds. The number of carbonyl (C=O) groups is 1. The summed E-state index contributed by atoms with van der Waals surface area (Å²) in [6, 6.07) is 8.08. The smallest absolute Gasteiger partial charge is 0.219 e. The fraction of sp³-hybridized carbons (Fsp3) is 0.429. The van der Waals surface area contributed by atoms with Gasteiger partial charge in [-0.1, -0.05) is 12.1 Å². The maximum atomic E-state index is 12.3. The quantitative estimate of drug-likeness (QED) is 0.678. The van der Waals surface area contributed by atoms with Gasteiger partial charge in [-0.15, -0.1) is 0 Å². The number of aromatic nitrogens is 3. The van der Waals surface area contributed by atoms with Crippen LogP contribution in [0.15, 0.2) is 47.4 Å². The molecule has 1 aliphatic rings. The number of rotatable bonds is 5. The van der Waals surface area contributed by atoms with E-state index in [4.69, 9.17) is 4.42 Å². The fourth-order valence-corrected chi connectivity index (χ4v) is 3.89. The van der Waals surface area contributed by atoms with Crippen LogP contribution in [-0.2, 0) is 17.9 Å². The van der Waals surface area contributed by atoms with Gasteiger partial charge >= 0.3 is 0 Å². The van der Waals surface area contributed by atoms with Crippen LogP contribution >= 0.6 is 0 Å². The van der Waals surface area contributed by atoms with Crippen molar-refractivity contribution >= 4 is 17.0 Å². The lowest BCUT2D eigenvalue weighted by Crippen LogP contribution is -2.39. The Kier molecular flexibility index (Phi) is 5.62. The first-order valence-electron chi connectivity index (χ1n) is 9.77. The van der Waals surface area contributed by atoms with Crippen molar-refractivity contribution in [3.05, 3.63) is 54.4 Å². The molecule has 146 valence electrons. The molecule has 28 heavy (non-hydrogen) atoms. The zero-order chi connectivity index (χ0) is 19.3. The molecular formula is C21H25N5O2. The van der Waals surface area contributed by atoms with Crippen LogP contribution in [0.3, 0.4) is 0 Å². The topological polar surface area (TPSA) is 75.4 Å². The standard InChI is InChI=1S/C21H25N5O2/c1-16(27)26(13-17-11-22-15-23-12-17)18-5-4-9-25(10-8-18)14-21-24-19-6-2-3-7-20(19)28-21/h2-3,6-7,11-12,15,18H,4-5,8-10,13-14H2,1H3. The van der Waals surface area contributed by atoms with E-state index in [0.717, 1.165) is 54.9 Å². The van der Waals surface area contributed by atoms with Crippen molar-refractivity contribution in [2.75, 3.05) is 13.1 Å². The van der Waals surface area contributed by atoms with Gasteiger partial charge in [0.1, 0.15) is 11.8 Å². The molecule has 0 saturated carbocycles. The summed E-state index contributed by atoms with van der Waals surface area (Å²) in [6.45, 7) is 4.80. The third-order valence-electron chi connectivity index (χ3n) is 5.30. The summed E-state index contributed by atoms with van der Waals surface area (Å²) in [6.07, 6.45) is 8.04. The number of oxazole rings is 1. The van der Waals surface area contributed by atoms with Crippen molar-refractivity contribution in [1.82, 2.24) is 24.8 Å². The van der Waals surface area contributed by atoms with Gasteiger partial charge in [-0.3, -0.25) is 9.69 Å². The molecule has 1 aliphatic heterocycles. The molecule has 1 atom stereocenters. The number of hydrogen-bond acceptors (Lipinski definition) is 6. The van der Waals surface area contributed by atoms with Crippen molar-refractivity contribution in [2.24, 2.45) is 0 Å². The van der Waals surface area contributed by atoms with Crippen LogP contribution in [0.2, 0.25) is 0 Å². The highest BCUT2D eigenvalue weighted by Crippen LogP contribution is 2.22. The highest BCUT2D eigenvalue weighted by molar-refractivity contribution is 5.73. The van der Waals surface area contributed by atoms with Gasteiger partial charge in [0.05, 0.1) is 6.54 Å². The molecule has 4 rings (SSSR count). The van der Waals surface area contributed by atoms with E-state index < -0.39 is 0 Å². The number of carbonyl (C=O) groups excluding carboxylic acids is 1. The molecule has 1 saturated heterocycles. The summed E-state index contributed by atoms with van der Waals surface area (Å²) in [5, 5.41) is 0. The van der Waals surface area contributed by atoms with Gasteiger partial charge in [-0.05, 0) is 37.9 Å². The van der Waals surface area contributed by atoms with Gasteiger partial charge < -0.3 is 9.32 Å². The van der Waals surface area contributed by atoms with Gasteiger partial charge in [-0.25, -0.2) is 15.0 Å². The summed E-state index contributed by atoms with van der Waals surface area (Å²) < 4.78 is 5.87. The van der Waals surface area contributed by atoms with Gasteiger partial charge in [0.2, 0.25) is 11.8 Å². The van der Waals surface area contributed by atoms with Crippen molar-refractivity contribution < 1.29 is 9.21 Å². The number of benzene rings is 1. The van der Waals surface area contributed by atoms with Crippen LogP contribution in [0.25, 0.3) is 11.1 Å². The largest absolute Gasteiger partial charge is 0.439 e. The van der Waals surface area contributed by atoms with Crippen LogP contribution in [0.5, 0.6) is 0 Å². The van der Waals surface area contributed by atoms with Crippen molar-refractivity contribution in [3.63, 3.8) is 0 Å². The molecule has 0 bridgehead atoms. The summed E-state index contributed by atoms with van der Waals surface area (Å²) in [4.78, 5) is 29.3. The second-order valence-electron chi connectivity index (χ2n) is 7.33. The molecule has 0 N–H and O–H groups in total. The van der Waals surface area contributed by atoms with Crippen molar-refractivity contribution in [3.8, 4) is 0 Å². The predicted octanol–water partition coefficient (Wildman–Crippen LogP) is 3.02. The lowest BCUT2D eigenvalue weighted by atomic mass is 10.1. The Balaban J connectivity index is 1.39. The summed E-state index contributed by atoms with van der Waals surface area (Å²) in [5.74, 6) is 0.853. The van der Waals surface area contributed by atoms with Gasteiger partial charge in [0, 0.05) is 44.0 Å². The van der Waals surface area contributed by atoms with E-state index in [1.165, 1.54) is 6.33 Å². The van der Waals surface area contributed by atoms with Gasteiger partial charge in [0.25, 0.3) is 0 Å². The maximum absolute atomic E-state index is 12.3. The van der Waals surface area contributed by atoms with Crippen molar-refractivity contribution in [1.29, 1.82) is 0 Å². The van der Waals surface area contributed by atoms with E-state index in [-0.39, 0.29) is 11.9 Å². The Labute approximate surface area is 164 Å². The summed E-state index contributed by atoms with van der Waals surface area (Å²) >= 11 is 0. The molecule has 0 spiro atoms. The molecule has 3 aromatic rings. The fourth-order valence-electron chi connectivity index (χ4n) is 3.89. The second-order valence-corrected chi connectivity index (χ2v) is 7.33. The van der Waals surface area contributed by atoms with Gasteiger partial charge in [-0.2, -0.15) is 0 Å². The third kappa shape index (κ3) is 4.36. The Morgan fingerprint density at radius 2 is 2.04 bits per heavy atom. The molecule has 0 radical (unpaired) electrons. The minimum atomic E-state index is 0.0984. The van der Waals surface area contributed by atoms with E-state index in [1.54, 1.807) is 19.3 Å². The molecule has 7 nitrogen and oxygen atoms in total. The van der Waals surface area contributed by atoms with E-state index in [2.05, 4.69) is 19.9 Å². The summed E-state index contributed by atoms with van der Waals surface area (Å²) in [7, 11) is 0. The van der Waals surface area contributed by atoms with Crippen LogP contribution in [0.1, 0.15) is 37.6 Å². The lowest BCUT2D eigenvalue weighted by Gasteiger charge is -2.30. The van der Waals surface area contributed by atoms with E-state index in [9.17, 15) is 4.79 Å². The minimum Gasteiger partial charge on any atom is -0.439 e. The Hall–Kier alpha value is -2.80.